The molecule has 14 heavy (non-hydrogen) atoms. The SMILES string of the molecule is CCOOCC1OC(OC(C)=O)CS1. The standard InChI is InChI=1S/C8H14O5S/c1-3-10-11-4-8-13-7(5-14-8)12-6(2)9/h7-8H,3-5H2,1-2H3. The molecular weight excluding hydrogens is 208 g/mol. The van der Waals surface area contributed by atoms with Crippen LogP contribution in [-0.2, 0) is 24.0 Å². The highest BCUT2D eigenvalue weighted by atomic mass is 32.2. The van der Waals surface area contributed by atoms with E-state index < -0.39 is 6.29 Å². The number of hydrogen-bond acceptors (Lipinski definition) is 6. The summed E-state index contributed by atoms with van der Waals surface area (Å²) in [7, 11) is 0. The zero-order valence-electron chi connectivity index (χ0n) is 8.23. The van der Waals surface area contributed by atoms with Gasteiger partial charge in [-0.05, 0) is 6.92 Å². The second kappa shape index (κ2) is 6.23. The van der Waals surface area contributed by atoms with Crippen molar-refractivity contribution in [3.05, 3.63) is 0 Å². The normalized spacial score (nSPS) is 26.4. The van der Waals surface area contributed by atoms with E-state index in [1.54, 1.807) is 0 Å². The van der Waals surface area contributed by atoms with Gasteiger partial charge in [0.25, 0.3) is 0 Å². The summed E-state index contributed by atoms with van der Waals surface area (Å²) in [6, 6.07) is 0. The molecule has 2 atom stereocenters. The molecule has 0 N–H and O–H groups in total. The lowest BCUT2D eigenvalue weighted by atomic mass is 10.7. The van der Waals surface area contributed by atoms with Gasteiger partial charge < -0.3 is 9.47 Å². The van der Waals surface area contributed by atoms with Crippen LogP contribution >= 0.6 is 11.8 Å². The first kappa shape index (κ1) is 11.8. The molecule has 0 radical (unpaired) electrons. The third-order valence-corrected chi connectivity index (χ3v) is 2.51. The Hall–Kier alpha value is -0.300. The number of hydrogen-bond donors (Lipinski definition) is 0. The molecule has 1 saturated heterocycles. The van der Waals surface area contributed by atoms with E-state index in [-0.39, 0.29) is 11.4 Å². The van der Waals surface area contributed by atoms with Crippen LogP contribution in [0.2, 0.25) is 0 Å². The molecule has 1 aliphatic rings. The van der Waals surface area contributed by atoms with Gasteiger partial charge in [-0.2, -0.15) is 0 Å². The fourth-order valence-electron chi connectivity index (χ4n) is 0.955. The van der Waals surface area contributed by atoms with E-state index in [0.717, 1.165) is 0 Å². The highest BCUT2D eigenvalue weighted by molar-refractivity contribution is 8.00. The van der Waals surface area contributed by atoms with Crippen molar-refractivity contribution >= 4 is 17.7 Å². The minimum absolute atomic E-state index is 0.120. The summed E-state index contributed by atoms with van der Waals surface area (Å²) in [5, 5.41) is 0. The van der Waals surface area contributed by atoms with Gasteiger partial charge in [-0.1, -0.05) is 0 Å². The fraction of sp³-hybridized carbons (Fsp3) is 0.875. The van der Waals surface area contributed by atoms with Crippen molar-refractivity contribution in [2.24, 2.45) is 0 Å². The molecule has 0 aromatic carbocycles. The number of carbonyl (C=O) groups is 1. The Bertz CT molecular complexity index is 187. The van der Waals surface area contributed by atoms with E-state index in [1.165, 1.54) is 18.7 Å². The zero-order valence-corrected chi connectivity index (χ0v) is 9.04. The third kappa shape index (κ3) is 4.28. The minimum atomic E-state index is -0.451. The van der Waals surface area contributed by atoms with Gasteiger partial charge in [0.15, 0.2) is 0 Å². The molecule has 82 valence electrons. The predicted octanol–water partition coefficient (Wildman–Crippen LogP) is 0.933. The number of thioether (sulfide) groups is 1. The molecular formula is C8H14O5S. The molecule has 0 aliphatic carbocycles. The molecule has 1 rings (SSSR count). The summed E-state index contributed by atoms with van der Waals surface area (Å²) in [6.45, 7) is 4.05. The molecule has 2 unspecified atom stereocenters. The minimum Gasteiger partial charge on any atom is -0.435 e. The van der Waals surface area contributed by atoms with Gasteiger partial charge in [0.05, 0.1) is 12.4 Å². The topological polar surface area (TPSA) is 54.0 Å². The van der Waals surface area contributed by atoms with E-state index in [2.05, 4.69) is 0 Å². The highest BCUT2D eigenvalue weighted by Gasteiger charge is 2.28. The van der Waals surface area contributed by atoms with E-state index in [1.807, 2.05) is 6.92 Å². The van der Waals surface area contributed by atoms with E-state index in [4.69, 9.17) is 19.2 Å². The number of carbonyl (C=O) groups excluding carboxylic acids is 1. The predicted molar refractivity (Wildman–Crippen MR) is 50.5 cm³/mol. The third-order valence-electron chi connectivity index (χ3n) is 1.42. The van der Waals surface area contributed by atoms with Crippen LogP contribution in [0.15, 0.2) is 0 Å². The lowest BCUT2D eigenvalue weighted by molar-refractivity contribution is -0.301. The number of rotatable bonds is 5. The summed E-state index contributed by atoms with van der Waals surface area (Å²) in [5.74, 6) is 0.307. The average molecular weight is 222 g/mol. The van der Waals surface area contributed by atoms with Crippen molar-refractivity contribution < 1.29 is 24.0 Å². The monoisotopic (exact) mass is 222 g/mol. The van der Waals surface area contributed by atoms with Crippen molar-refractivity contribution in [2.45, 2.75) is 25.6 Å². The van der Waals surface area contributed by atoms with Crippen molar-refractivity contribution in [1.29, 1.82) is 0 Å². The van der Waals surface area contributed by atoms with Crippen LogP contribution in [0.3, 0.4) is 0 Å². The van der Waals surface area contributed by atoms with Gasteiger partial charge in [-0.25, -0.2) is 9.78 Å². The summed E-state index contributed by atoms with van der Waals surface area (Å²) < 4.78 is 10.2. The Morgan fingerprint density at radius 1 is 1.57 bits per heavy atom. The summed E-state index contributed by atoms with van der Waals surface area (Å²) >= 11 is 1.54. The van der Waals surface area contributed by atoms with Gasteiger partial charge in [0.2, 0.25) is 6.29 Å². The maximum Gasteiger partial charge on any atom is 0.304 e. The lowest BCUT2D eigenvalue weighted by Crippen LogP contribution is -2.21. The molecule has 6 heteroatoms. The Kier molecular flexibility index (Phi) is 5.24. The van der Waals surface area contributed by atoms with Crippen LogP contribution in [-0.4, -0.2) is 36.7 Å². The van der Waals surface area contributed by atoms with Crippen molar-refractivity contribution in [2.75, 3.05) is 19.0 Å². The molecule has 5 nitrogen and oxygen atoms in total. The molecule has 1 heterocycles. The molecule has 0 amide bonds. The van der Waals surface area contributed by atoms with Gasteiger partial charge >= 0.3 is 5.97 Å². The van der Waals surface area contributed by atoms with Crippen molar-refractivity contribution in [1.82, 2.24) is 0 Å². The van der Waals surface area contributed by atoms with Gasteiger partial charge in [0, 0.05) is 6.92 Å². The summed E-state index contributed by atoms with van der Waals surface area (Å²) in [4.78, 5) is 20.1. The van der Waals surface area contributed by atoms with E-state index in [9.17, 15) is 4.79 Å². The number of ether oxygens (including phenoxy) is 2. The van der Waals surface area contributed by atoms with Gasteiger partial charge in [-0.3, -0.25) is 4.79 Å². The van der Waals surface area contributed by atoms with Gasteiger partial charge in [0.1, 0.15) is 12.0 Å². The van der Waals surface area contributed by atoms with Crippen molar-refractivity contribution in [3.8, 4) is 0 Å². The maximum absolute atomic E-state index is 10.6. The quantitative estimate of drug-likeness (QED) is 0.298. The molecule has 1 fully saturated rings. The average Bonchev–Trinajstić information content (AvgIpc) is 2.52. The molecule has 0 saturated carbocycles. The van der Waals surface area contributed by atoms with Crippen LogP contribution in [0.5, 0.6) is 0 Å². The first-order valence-electron chi connectivity index (χ1n) is 4.41. The lowest BCUT2D eigenvalue weighted by Gasteiger charge is -2.11. The van der Waals surface area contributed by atoms with Crippen LogP contribution in [0.4, 0.5) is 0 Å². The van der Waals surface area contributed by atoms with Crippen LogP contribution < -0.4 is 0 Å². The second-order valence-electron chi connectivity index (χ2n) is 2.63. The molecule has 1 aliphatic heterocycles. The molecule has 0 aromatic rings. The van der Waals surface area contributed by atoms with Crippen LogP contribution in [0, 0.1) is 0 Å². The van der Waals surface area contributed by atoms with Gasteiger partial charge in [-0.15, -0.1) is 11.8 Å². The van der Waals surface area contributed by atoms with E-state index in [0.29, 0.717) is 19.0 Å². The Morgan fingerprint density at radius 2 is 2.36 bits per heavy atom. The maximum atomic E-state index is 10.6. The van der Waals surface area contributed by atoms with E-state index >= 15 is 0 Å². The first-order chi connectivity index (χ1) is 6.72. The zero-order chi connectivity index (χ0) is 10.4. The fourth-order valence-corrected chi connectivity index (χ4v) is 1.83. The second-order valence-corrected chi connectivity index (χ2v) is 3.82. The molecule has 0 aromatic heterocycles. The molecule has 0 spiro atoms. The summed E-state index contributed by atoms with van der Waals surface area (Å²) in [5.41, 5.74) is -0.120. The van der Waals surface area contributed by atoms with Crippen LogP contribution in [0.1, 0.15) is 13.8 Å². The van der Waals surface area contributed by atoms with Crippen LogP contribution in [0.25, 0.3) is 0 Å². The smallest absolute Gasteiger partial charge is 0.304 e. The molecule has 0 bridgehead atoms. The Balaban J connectivity index is 2.11. The first-order valence-corrected chi connectivity index (χ1v) is 5.46. The number of esters is 1. The highest BCUT2D eigenvalue weighted by Crippen LogP contribution is 2.25. The Labute approximate surface area is 87.0 Å². The van der Waals surface area contributed by atoms with Crippen molar-refractivity contribution in [3.63, 3.8) is 0 Å². The largest absolute Gasteiger partial charge is 0.435 e. The Morgan fingerprint density at radius 3 is 3.00 bits per heavy atom. The summed E-state index contributed by atoms with van der Waals surface area (Å²) in [6.07, 6.45) is -0.451.